The lowest BCUT2D eigenvalue weighted by atomic mass is 9.86. The highest BCUT2D eigenvalue weighted by molar-refractivity contribution is 7.90. The van der Waals surface area contributed by atoms with Crippen molar-refractivity contribution in [3.63, 3.8) is 0 Å². The first kappa shape index (κ1) is 20.5. The predicted molar refractivity (Wildman–Crippen MR) is 114 cm³/mol. The Morgan fingerprint density at radius 1 is 1.10 bits per heavy atom. The lowest BCUT2D eigenvalue weighted by molar-refractivity contribution is 0.435. The Hall–Kier alpha value is -1.76. The third-order valence-corrected chi connectivity index (χ3v) is 8.34. The molecule has 0 bridgehead atoms. The number of benzene rings is 2. The van der Waals surface area contributed by atoms with E-state index in [9.17, 15) is 12.8 Å². The van der Waals surface area contributed by atoms with Crippen LogP contribution < -0.4 is 10.0 Å². The summed E-state index contributed by atoms with van der Waals surface area (Å²) in [5.41, 5.74) is 4.58. The molecule has 2 aromatic carbocycles. The van der Waals surface area contributed by atoms with Gasteiger partial charge in [0, 0.05) is 6.54 Å². The van der Waals surface area contributed by atoms with Crippen molar-refractivity contribution in [1.29, 1.82) is 0 Å². The molecule has 0 saturated heterocycles. The second-order valence-corrected chi connectivity index (χ2v) is 10.5. The van der Waals surface area contributed by atoms with E-state index in [4.69, 9.17) is 0 Å². The van der Waals surface area contributed by atoms with Gasteiger partial charge in [0.2, 0.25) is 10.0 Å². The molecular weight excluding hydrogens is 387 g/mol. The van der Waals surface area contributed by atoms with E-state index in [1.165, 1.54) is 17.2 Å². The van der Waals surface area contributed by atoms with Crippen LogP contribution in [0.25, 0.3) is 0 Å². The average Bonchev–Trinajstić information content (AvgIpc) is 2.95. The molecule has 1 saturated carbocycles. The smallest absolute Gasteiger partial charge is 0.214 e. The van der Waals surface area contributed by atoms with Gasteiger partial charge >= 0.3 is 0 Å². The van der Waals surface area contributed by atoms with Gasteiger partial charge in [-0.15, -0.1) is 0 Å². The Morgan fingerprint density at radius 2 is 1.93 bits per heavy atom. The lowest BCUT2D eigenvalue weighted by Crippen LogP contribution is -2.38. The normalized spacial score (nSPS) is 21.7. The first-order valence-electron chi connectivity index (χ1n) is 10.5. The molecule has 2 aromatic rings. The number of nitrogens with one attached hydrogen (secondary N) is 2. The molecule has 0 spiro atoms. The molecule has 0 heterocycles. The zero-order chi connectivity index (χ0) is 20.4. The molecule has 2 N–H and O–H groups in total. The third kappa shape index (κ3) is 4.55. The highest BCUT2D eigenvalue weighted by Crippen LogP contribution is 2.40. The Balaban J connectivity index is 1.54. The summed E-state index contributed by atoms with van der Waals surface area (Å²) in [5, 5.41) is 3.07. The maximum absolute atomic E-state index is 13.7. The molecule has 0 aliphatic heterocycles. The van der Waals surface area contributed by atoms with E-state index >= 15 is 0 Å². The van der Waals surface area contributed by atoms with Crippen LogP contribution in [0.4, 0.5) is 4.39 Å². The summed E-state index contributed by atoms with van der Waals surface area (Å²) in [4.78, 5) is 0. The predicted octanol–water partition coefficient (Wildman–Crippen LogP) is 3.52. The molecule has 4 nitrogen and oxygen atoms in total. The molecule has 2 unspecified atom stereocenters. The number of hydrogen-bond acceptors (Lipinski definition) is 3. The van der Waals surface area contributed by atoms with E-state index in [0.29, 0.717) is 18.4 Å². The third-order valence-electron chi connectivity index (χ3n) is 6.44. The van der Waals surface area contributed by atoms with Gasteiger partial charge in [-0.05, 0) is 85.5 Å². The second-order valence-electron chi connectivity index (χ2n) is 8.41. The van der Waals surface area contributed by atoms with Crippen LogP contribution in [0.15, 0.2) is 42.5 Å². The van der Waals surface area contributed by atoms with Crippen molar-refractivity contribution in [2.75, 3.05) is 13.6 Å². The van der Waals surface area contributed by atoms with Crippen LogP contribution in [-0.2, 0) is 29.4 Å². The van der Waals surface area contributed by atoms with Crippen LogP contribution in [0, 0.1) is 11.7 Å². The van der Waals surface area contributed by atoms with Crippen molar-refractivity contribution in [2.24, 2.45) is 5.92 Å². The standard InChI is InChI=1S/C23H29FN2O2S/c1-25-15-19-13-18-9-8-17(14-26-29(27,28)21-6-3-7-21)12-22(18)23(19)11-16-4-2-5-20(24)10-16/h2,4-5,8-10,12,19,21,23,25-26H,3,6-7,11,13-15H2,1H3. The lowest BCUT2D eigenvalue weighted by Gasteiger charge is -2.25. The molecule has 156 valence electrons. The SMILES string of the molecule is CNCC1Cc2ccc(CNS(=O)(=O)C3CCC3)cc2C1Cc1cccc(F)c1. The Kier molecular flexibility index (Phi) is 6.04. The van der Waals surface area contributed by atoms with Crippen LogP contribution in [-0.4, -0.2) is 27.3 Å². The molecule has 0 amide bonds. The van der Waals surface area contributed by atoms with Gasteiger partial charge in [0.1, 0.15) is 5.82 Å². The summed E-state index contributed by atoms with van der Waals surface area (Å²) in [6.45, 7) is 1.23. The van der Waals surface area contributed by atoms with Gasteiger partial charge in [0.25, 0.3) is 0 Å². The summed E-state index contributed by atoms with van der Waals surface area (Å²) in [7, 11) is -1.26. The van der Waals surface area contributed by atoms with Crippen molar-refractivity contribution in [1.82, 2.24) is 10.0 Å². The molecular formula is C23H29FN2O2S. The van der Waals surface area contributed by atoms with Gasteiger partial charge in [0.05, 0.1) is 5.25 Å². The van der Waals surface area contributed by atoms with Gasteiger partial charge in [-0.1, -0.05) is 36.8 Å². The van der Waals surface area contributed by atoms with E-state index in [1.807, 2.05) is 19.2 Å². The Morgan fingerprint density at radius 3 is 2.62 bits per heavy atom. The highest BCUT2D eigenvalue weighted by Gasteiger charge is 2.33. The highest BCUT2D eigenvalue weighted by atomic mass is 32.2. The molecule has 6 heteroatoms. The number of halogens is 1. The quantitative estimate of drug-likeness (QED) is 0.692. The van der Waals surface area contributed by atoms with Gasteiger partial charge in [-0.2, -0.15) is 0 Å². The molecule has 0 aromatic heterocycles. The number of hydrogen-bond donors (Lipinski definition) is 2. The largest absolute Gasteiger partial charge is 0.319 e. The van der Waals surface area contributed by atoms with Crippen LogP contribution in [0.1, 0.15) is 47.4 Å². The molecule has 0 radical (unpaired) electrons. The fourth-order valence-corrected chi connectivity index (χ4v) is 6.18. The number of rotatable bonds is 8. The zero-order valence-corrected chi connectivity index (χ0v) is 17.6. The minimum absolute atomic E-state index is 0.204. The maximum Gasteiger partial charge on any atom is 0.214 e. The van der Waals surface area contributed by atoms with E-state index in [2.05, 4.69) is 22.2 Å². The van der Waals surface area contributed by atoms with E-state index in [-0.39, 0.29) is 11.1 Å². The molecule has 2 aliphatic carbocycles. The molecule has 2 aliphatic rings. The van der Waals surface area contributed by atoms with Gasteiger partial charge < -0.3 is 5.32 Å². The van der Waals surface area contributed by atoms with Gasteiger partial charge in [-0.25, -0.2) is 17.5 Å². The number of fused-ring (bicyclic) bond motifs is 1. The first-order chi connectivity index (χ1) is 14.0. The van der Waals surface area contributed by atoms with Gasteiger partial charge in [-0.3, -0.25) is 0 Å². The topological polar surface area (TPSA) is 58.2 Å². The van der Waals surface area contributed by atoms with Crippen molar-refractivity contribution in [3.8, 4) is 0 Å². The second kappa shape index (κ2) is 8.54. The first-order valence-corrected chi connectivity index (χ1v) is 12.0. The van der Waals surface area contributed by atoms with E-state index in [0.717, 1.165) is 49.8 Å². The molecule has 2 atom stereocenters. The summed E-state index contributed by atoms with van der Waals surface area (Å²) in [5.74, 6) is 0.535. The van der Waals surface area contributed by atoms with Crippen molar-refractivity contribution >= 4 is 10.0 Å². The minimum Gasteiger partial charge on any atom is -0.319 e. The Bertz CT molecular complexity index is 973. The summed E-state index contributed by atoms with van der Waals surface area (Å²) >= 11 is 0. The van der Waals surface area contributed by atoms with Crippen LogP contribution >= 0.6 is 0 Å². The Labute approximate surface area is 173 Å². The summed E-state index contributed by atoms with van der Waals surface area (Å²) < 4.78 is 41.1. The number of sulfonamides is 1. The van der Waals surface area contributed by atoms with Crippen LogP contribution in [0.2, 0.25) is 0 Å². The van der Waals surface area contributed by atoms with Crippen LogP contribution in [0.5, 0.6) is 0 Å². The minimum atomic E-state index is -3.22. The zero-order valence-electron chi connectivity index (χ0n) is 16.8. The molecule has 29 heavy (non-hydrogen) atoms. The summed E-state index contributed by atoms with van der Waals surface area (Å²) in [6.07, 6.45) is 4.31. The monoisotopic (exact) mass is 416 g/mol. The van der Waals surface area contributed by atoms with E-state index in [1.54, 1.807) is 12.1 Å². The average molecular weight is 417 g/mol. The van der Waals surface area contributed by atoms with Crippen molar-refractivity contribution in [3.05, 3.63) is 70.5 Å². The van der Waals surface area contributed by atoms with E-state index < -0.39 is 10.0 Å². The fourth-order valence-electron chi connectivity index (χ4n) is 4.62. The van der Waals surface area contributed by atoms with Gasteiger partial charge in [0.15, 0.2) is 0 Å². The fraction of sp³-hybridized carbons (Fsp3) is 0.478. The van der Waals surface area contributed by atoms with Crippen LogP contribution in [0.3, 0.4) is 0 Å². The van der Waals surface area contributed by atoms with Crippen molar-refractivity contribution in [2.45, 2.75) is 49.8 Å². The molecule has 1 fully saturated rings. The molecule has 4 rings (SSSR count). The maximum atomic E-state index is 13.7. The summed E-state index contributed by atoms with van der Waals surface area (Å²) in [6, 6.07) is 13.2. The van der Waals surface area contributed by atoms with Crippen molar-refractivity contribution < 1.29 is 12.8 Å².